The van der Waals surface area contributed by atoms with E-state index in [0.29, 0.717) is 53.3 Å². The molecule has 208 valence electrons. The molecule has 5 rings (SSSR count). The van der Waals surface area contributed by atoms with Crippen LogP contribution in [0, 0.1) is 0 Å². The van der Waals surface area contributed by atoms with Crippen LogP contribution in [0.5, 0.6) is 11.5 Å². The molecular formula is C29H24Br2Cl3N3O3. The Bertz CT molecular complexity index is 1670. The molecule has 0 saturated heterocycles. The van der Waals surface area contributed by atoms with Crippen LogP contribution < -0.4 is 15.0 Å². The fraction of sp³-hybridized carbons (Fsp3) is 0.276. The lowest BCUT2D eigenvalue weighted by molar-refractivity contribution is 0.284. The summed E-state index contributed by atoms with van der Waals surface area (Å²) >= 11 is 26.1. The monoisotopic (exact) mass is 725 g/mol. The van der Waals surface area contributed by atoms with E-state index in [-0.39, 0.29) is 18.1 Å². The van der Waals surface area contributed by atoms with Gasteiger partial charge in [0.25, 0.3) is 5.56 Å². The molecule has 4 aromatic rings. The molecule has 0 aliphatic heterocycles. The van der Waals surface area contributed by atoms with Crippen LogP contribution in [0.3, 0.4) is 0 Å². The Balaban J connectivity index is 1.53. The summed E-state index contributed by atoms with van der Waals surface area (Å²) in [6.07, 6.45) is 6.91. The number of ether oxygens (including phenoxy) is 2. The maximum absolute atomic E-state index is 13.6. The first-order valence-corrected chi connectivity index (χ1v) is 15.4. The second-order valence-electron chi connectivity index (χ2n) is 9.48. The van der Waals surface area contributed by atoms with Crippen LogP contribution in [0.25, 0.3) is 10.9 Å². The van der Waals surface area contributed by atoms with E-state index in [0.717, 1.165) is 35.7 Å². The van der Waals surface area contributed by atoms with Crippen LogP contribution >= 0.6 is 66.7 Å². The van der Waals surface area contributed by atoms with Gasteiger partial charge in [-0.25, -0.2) is 4.98 Å². The molecule has 0 amide bonds. The first kappa shape index (κ1) is 29.4. The highest BCUT2D eigenvalue weighted by Gasteiger charge is 2.23. The van der Waals surface area contributed by atoms with Crippen LogP contribution in [0.15, 0.2) is 61.3 Å². The van der Waals surface area contributed by atoms with Crippen LogP contribution in [0.2, 0.25) is 15.1 Å². The zero-order valence-corrected chi connectivity index (χ0v) is 26.8. The van der Waals surface area contributed by atoms with E-state index in [9.17, 15) is 4.79 Å². The van der Waals surface area contributed by atoms with Gasteiger partial charge in [-0.05, 0) is 65.2 Å². The summed E-state index contributed by atoms with van der Waals surface area (Å²) in [7, 11) is 1.53. The molecule has 0 bridgehead atoms. The zero-order valence-electron chi connectivity index (χ0n) is 21.4. The van der Waals surface area contributed by atoms with Gasteiger partial charge in [-0.15, -0.1) is 0 Å². The van der Waals surface area contributed by atoms with E-state index >= 15 is 0 Å². The van der Waals surface area contributed by atoms with E-state index in [4.69, 9.17) is 49.3 Å². The average molecular weight is 729 g/mol. The van der Waals surface area contributed by atoms with Crippen molar-refractivity contribution in [2.45, 2.75) is 44.6 Å². The topological polar surface area (TPSA) is 65.7 Å². The van der Waals surface area contributed by atoms with Gasteiger partial charge in [0.2, 0.25) is 0 Å². The standard InChI is InChI=1S/C29H24Br2Cl3N3O3/c1-39-24-11-18(25(31)26(34)27(24)40-15-17-7-9-20(32)13-22(17)33)14-35-37-28(16-5-3-2-4-6-16)36-23-10-8-19(30)12-21(23)29(37)38/h7-14,16H,2-6,15H2,1H3. The first-order valence-electron chi connectivity index (χ1n) is 12.7. The van der Waals surface area contributed by atoms with Crippen molar-refractivity contribution < 1.29 is 9.47 Å². The minimum Gasteiger partial charge on any atom is -0.493 e. The summed E-state index contributed by atoms with van der Waals surface area (Å²) < 4.78 is 14.4. The van der Waals surface area contributed by atoms with Gasteiger partial charge in [0.15, 0.2) is 11.5 Å². The van der Waals surface area contributed by atoms with E-state index in [2.05, 4.69) is 37.0 Å². The highest BCUT2D eigenvalue weighted by Crippen LogP contribution is 2.43. The fourth-order valence-electron chi connectivity index (χ4n) is 4.80. The predicted molar refractivity (Wildman–Crippen MR) is 169 cm³/mol. The van der Waals surface area contributed by atoms with Crippen molar-refractivity contribution in [3.05, 3.63) is 93.8 Å². The SMILES string of the molecule is COc1cc(C=Nn2c(C3CCCCC3)nc3ccc(Br)cc3c2=O)c(Br)c(Cl)c1OCc1ccc(Cl)cc1Cl. The van der Waals surface area contributed by atoms with Crippen molar-refractivity contribution in [2.24, 2.45) is 5.10 Å². The van der Waals surface area contributed by atoms with Crippen LogP contribution in [-0.2, 0) is 6.61 Å². The third-order valence-electron chi connectivity index (χ3n) is 6.88. The Morgan fingerprint density at radius 3 is 2.58 bits per heavy atom. The molecule has 11 heteroatoms. The maximum atomic E-state index is 13.6. The lowest BCUT2D eigenvalue weighted by atomic mass is 9.88. The molecule has 40 heavy (non-hydrogen) atoms. The second-order valence-corrected chi connectivity index (χ2v) is 12.4. The fourth-order valence-corrected chi connectivity index (χ4v) is 6.27. The first-order chi connectivity index (χ1) is 19.3. The Kier molecular flexibility index (Phi) is 9.42. The summed E-state index contributed by atoms with van der Waals surface area (Å²) in [6.45, 7) is 0.157. The number of nitrogens with zero attached hydrogens (tertiary/aromatic N) is 3. The molecule has 1 saturated carbocycles. The Morgan fingerprint density at radius 1 is 1.07 bits per heavy atom. The quantitative estimate of drug-likeness (QED) is 0.178. The van der Waals surface area contributed by atoms with Gasteiger partial charge in [0.05, 0.1) is 24.2 Å². The molecule has 6 nitrogen and oxygen atoms in total. The van der Waals surface area contributed by atoms with Gasteiger partial charge >= 0.3 is 0 Å². The maximum Gasteiger partial charge on any atom is 0.282 e. The molecule has 0 unspecified atom stereocenters. The summed E-state index contributed by atoms with van der Waals surface area (Å²) in [5, 5.41) is 6.45. The van der Waals surface area contributed by atoms with E-state index in [1.807, 2.05) is 12.1 Å². The van der Waals surface area contributed by atoms with Crippen molar-refractivity contribution >= 4 is 83.8 Å². The highest BCUT2D eigenvalue weighted by molar-refractivity contribution is 9.10. The number of benzene rings is 3. The van der Waals surface area contributed by atoms with E-state index < -0.39 is 0 Å². The number of halogens is 5. The third kappa shape index (κ3) is 6.21. The van der Waals surface area contributed by atoms with Crippen molar-refractivity contribution in [3.63, 3.8) is 0 Å². The number of methoxy groups -OCH3 is 1. The predicted octanol–water partition coefficient (Wildman–Crippen LogP) is 9.40. The molecule has 1 aromatic heterocycles. The molecule has 0 spiro atoms. The Labute approximate surface area is 263 Å². The van der Waals surface area contributed by atoms with Gasteiger partial charge < -0.3 is 9.47 Å². The van der Waals surface area contributed by atoms with Gasteiger partial charge in [0.1, 0.15) is 17.5 Å². The van der Waals surface area contributed by atoms with Crippen molar-refractivity contribution in [2.75, 3.05) is 7.11 Å². The normalized spacial score (nSPS) is 14.2. The van der Waals surface area contributed by atoms with E-state index in [1.54, 1.807) is 36.5 Å². The largest absolute Gasteiger partial charge is 0.493 e. The van der Waals surface area contributed by atoms with Crippen molar-refractivity contribution in [3.8, 4) is 11.5 Å². The molecule has 1 heterocycles. The van der Waals surface area contributed by atoms with Crippen molar-refractivity contribution in [1.29, 1.82) is 0 Å². The van der Waals surface area contributed by atoms with Gasteiger partial charge in [-0.1, -0.05) is 76.1 Å². The average Bonchev–Trinajstić information content (AvgIpc) is 2.95. The molecule has 1 aliphatic rings. The second kappa shape index (κ2) is 12.8. The minimum atomic E-state index is -0.225. The lowest BCUT2D eigenvalue weighted by Gasteiger charge is -2.22. The number of rotatable bonds is 7. The summed E-state index contributed by atoms with van der Waals surface area (Å²) in [6, 6.07) is 12.5. The van der Waals surface area contributed by atoms with Gasteiger partial charge in [-0.2, -0.15) is 9.78 Å². The number of fused-ring (bicyclic) bond motifs is 1. The van der Waals surface area contributed by atoms with E-state index in [1.165, 1.54) is 18.2 Å². The van der Waals surface area contributed by atoms with Crippen LogP contribution in [0.1, 0.15) is 55.0 Å². The summed E-state index contributed by atoms with van der Waals surface area (Å²) in [5.74, 6) is 1.57. The number of aromatic nitrogens is 2. The molecule has 0 N–H and O–H groups in total. The summed E-state index contributed by atoms with van der Waals surface area (Å²) in [5.41, 5.74) is 1.79. The zero-order chi connectivity index (χ0) is 28.4. The van der Waals surface area contributed by atoms with Gasteiger partial charge in [-0.3, -0.25) is 4.79 Å². The Hall–Kier alpha value is -2.10. The smallest absolute Gasteiger partial charge is 0.282 e. The van der Waals surface area contributed by atoms with Crippen LogP contribution in [0.4, 0.5) is 0 Å². The minimum absolute atomic E-state index is 0.156. The molecule has 3 aromatic carbocycles. The number of hydrogen-bond donors (Lipinski definition) is 0. The Morgan fingerprint density at radius 2 is 1.85 bits per heavy atom. The molecular weight excluding hydrogens is 705 g/mol. The van der Waals surface area contributed by atoms with Crippen molar-refractivity contribution in [1.82, 2.24) is 9.66 Å². The number of hydrogen-bond acceptors (Lipinski definition) is 5. The summed E-state index contributed by atoms with van der Waals surface area (Å²) in [4.78, 5) is 18.5. The van der Waals surface area contributed by atoms with Gasteiger partial charge in [0, 0.05) is 36.0 Å². The highest BCUT2D eigenvalue weighted by atomic mass is 79.9. The molecule has 1 fully saturated rings. The molecule has 0 radical (unpaired) electrons. The molecule has 0 atom stereocenters. The van der Waals surface area contributed by atoms with Crippen LogP contribution in [-0.4, -0.2) is 23.0 Å². The molecule has 1 aliphatic carbocycles. The third-order valence-corrected chi connectivity index (χ3v) is 9.40. The lowest BCUT2D eigenvalue weighted by Crippen LogP contribution is -2.25.